The average molecular weight is 658 g/mol. The molecule has 0 amide bonds. The summed E-state index contributed by atoms with van der Waals surface area (Å²) in [6.45, 7) is 0. The largest absolute Gasteiger partial charge is 2.00 e. The molecule has 0 bridgehead atoms. The fourth-order valence-electron chi connectivity index (χ4n) is 5.38. The summed E-state index contributed by atoms with van der Waals surface area (Å²) in [5.74, 6) is 0. The van der Waals surface area contributed by atoms with Gasteiger partial charge in [-0.25, -0.2) is 0 Å². The molecule has 0 atom stereocenters. The van der Waals surface area contributed by atoms with E-state index in [1.54, 1.807) is 0 Å². The first-order valence-corrected chi connectivity index (χ1v) is 11.9. The van der Waals surface area contributed by atoms with Crippen molar-refractivity contribution in [3.63, 3.8) is 0 Å². The molecule has 0 saturated carbocycles. The fourth-order valence-corrected chi connectivity index (χ4v) is 5.38. The van der Waals surface area contributed by atoms with Gasteiger partial charge in [0, 0.05) is 59.6 Å². The number of nitrogens with zero attached hydrogens (tertiary/aromatic N) is 6. The Bertz CT molecular complexity index is 1830. The molecule has 0 radical (unpaired) electrons. The number of aryl methyl sites for hydroxylation is 2. The Morgan fingerprint density at radius 1 is 0.622 bits per heavy atom. The molecule has 7 heteroatoms. The maximum Gasteiger partial charge on any atom is 2.00 e. The first-order valence-electron chi connectivity index (χ1n) is 11.9. The van der Waals surface area contributed by atoms with Gasteiger partial charge in [0.25, 0.3) is 0 Å². The number of pyridine rings is 4. The van der Waals surface area contributed by atoms with E-state index in [-0.39, 0.29) is 21.1 Å². The number of hydrogen-bond donors (Lipinski definition) is 0. The van der Waals surface area contributed by atoms with Crippen molar-refractivity contribution in [1.29, 1.82) is 0 Å². The number of benzene rings is 2. The summed E-state index contributed by atoms with van der Waals surface area (Å²) in [4.78, 5) is 18.7. The molecule has 6 heterocycles. The van der Waals surface area contributed by atoms with E-state index in [9.17, 15) is 0 Å². The maximum absolute atomic E-state index is 5.02. The third-order valence-corrected chi connectivity index (χ3v) is 7.00. The molecule has 0 saturated heterocycles. The fraction of sp³-hybridized carbons (Fsp3) is 0.0667. The summed E-state index contributed by atoms with van der Waals surface area (Å²) >= 11 is 0. The van der Waals surface area contributed by atoms with E-state index in [2.05, 4.69) is 55.4 Å². The molecule has 178 valence electrons. The van der Waals surface area contributed by atoms with Crippen LogP contribution in [-0.2, 0) is 33.9 Å². The molecule has 8 aromatic rings. The number of hydrogen-bond acceptors (Lipinski definition) is 4. The number of imidazole rings is 2. The molecule has 37 heavy (non-hydrogen) atoms. The quantitative estimate of drug-likeness (QED) is 0.179. The van der Waals surface area contributed by atoms with Gasteiger partial charge in [-0.05, 0) is 35.7 Å². The van der Waals surface area contributed by atoms with Crippen LogP contribution in [0, 0.1) is 12.1 Å². The standard InChI is InChI=1S/C30H18N6.Pt/c1-3-7-23-21(5-1)25-15-31-13-11-27(25)35-17-19(33-29(23)35)9-10-20-18-36-28-12-14-32-16-26(28)22-6-2-4-8-24(22)30(36)34-20;/h1-6,11-18H,9-10H2;/q-2;+2. The van der Waals surface area contributed by atoms with Crippen molar-refractivity contribution in [2.75, 3.05) is 0 Å². The first-order chi connectivity index (χ1) is 17.8. The molecule has 0 N–H and O–H groups in total. The average Bonchev–Trinajstić information content (AvgIpc) is 3.58. The van der Waals surface area contributed by atoms with Gasteiger partial charge in [0.15, 0.2) is 0 Å². The minimum absolute atomic E-state index is 0. The maximum atomic E-state index is 5.02. The molecule has 0 aliphatic rings. The second-order valence-electron chi connectivity index (χ2n) is 9.05. The SMILES string of the molecule is [Pt+2].[c-]1cccc2c1c1nc(CCc3cn4c5ccncc5c5ccc[c-]c5c4n3)cn1c1ccncc21. The van der Waals surface area contributed by atoms with Gasteiger partial charge in [-0.15, -0.1) is 59.3 Å². The zero-order valence-electron chi connectivity index (χ0n) is 19.5. The number of rotatable bonds is 3. The van der Waals surface area contributed by atoms with Crippen LogP contribution in [0.1, 0.15) is 11.4 Å². The van der Waals surface area contributed by atoms with Crippen molar-refractivity contribution in [2.24, 2.45) is 0 Å². The molecule has 0 spiro atoms. The van der Waals surface area contributed by atoms with Gasteiger partial charge in [0.05, 0.1) is 11.3 Å². The van der Waals surface area contributed by atoms with Crippen LogP contribution in [0.3, 0.4) is 0 Å². The summed E-state index contributed by atoms with van der Waals surface area (Å²) in [6.07, 6.45) is 13.3. The topological polar surface area (TPSA) is 60.4 Å². The Kier molecular flexibility index (Phi) is 5.05. The van der Waals surface area contributed by atoms with Crippen LogP contribution in [0.4, 0.5) is 0 Å². The van der Waals surface area contributed by atoms with E-state index in [1.165, 1.54) is 0 Å². The third kappa shape index (κ3) is 3.29. The second-order valence-corrected chi connectivity index (χ2v) is 9.05. The molecule has 2 aromatic carbocycles. The summed E-state index contributed by atoms with van der Waals surface area (Å²) in [5.41, 5.74) is 6.10. The molecule has 6 nitrogen and oxygen atoms in total. The molecule has 0 unspecified atom stereocenters. The summed E-state index contributed by atoms with van der Waals surface area (Å²) < 4.78 is 4.33. The Balaban J connectivity index is 0.00000231. The monoisotopic (exact) mass is 657 g/mol. The Labute approximate surface area is 225 Å². The van der Waals surface area contributed by atoms with Gasteiger partial charge in [-0.1, -0.05) is 10.8 Å². The van der Waals surface area contributed by atoms with Crippen molar-refractivity contribution in [2.45, 2.75) is 12.8 Å². The molecule has 0 aliphatic carbocycles. The van der Waals surface area contributed by atoms with Crippen molar-refractivity contribution in [3.8, 4) is 0 Å². The van der Waals surface area contributed by atoms with Crippen molar-refractivity contribution < 1.29 is 21.1 Å². The first kappa shape index (κ1) is 22.1. The van der Waals surface area contributed by atoms with Gasteiger partial charge in [0.1, 0.15) is 0 Å². The minimum Gasteiger partial charge on any atom is -0.340 e. The second kappa shape index (κ2) is 8.46. The molecule has 6 aromatic heterocycles. The molecule has 0 fully saturated rings. The Hall–Kier alpha value is -4.15. The molecular formula is C30H18N6Pt. The summed E-state index contributed by atoms with van der Waals surface area (Å²) in [5, 5.41) is 6.47. The molecular weight excluding hydrogens is 639 g/mol. The summed E-state index contributed by atoms with van der Waals surface area (Å²) in [7, 11) is 0. The number of fused-ring (bicyclic) bond motifs is 12. The van der Waals surface area contributed by atoms with E-state index in [4.69, 9.17) is 9.97 Å². The van der Waals surface area contributed by atoms with Crippen molar-refractivity contribution >= 4 is 54.6 Å². The van der Waals surface area contributed by atoms with Crippen LogP contribution < -0.4 is 0 Å². The van der Waals surface area contributed by atoms with Gasteiger partial charge in [-0.3, -0.25) is 19.9 Å². The van der Waals surface area contributed by atoms with Crippen molar-refractivity contribution in [1.82, 2.24) is 28.7 Å². The van der Waals surface area contributed by atoms with Crippen LogP contribution >= 0.6 is 0 Å². The van der Waals surface area contributed by atoms with Crippen LogP contribution in [0.2, 0.25) is 0 Å². The minimum atomic E-state index is 0. The van der Waals surface area contributed by atoms with Crippen molar-refractivity contribution in [3.05, 3.63) is 109 Å². The Morgan fingerprint density at radius 3 is 1.59 bits per heavy atom. The van der Waals surface area contributed by atoms with E-state index in [0.29, 0.717) is 0 Å². The zero-order valence-corrected chi connectivity index (χ0v) is 21.8. The van der Waals surface area contributed by atoms with Gasteiger partial charge < -0.3 is 8.80 Å². The van der Waals surface area contributed by atoms with Crippen LogP contribution in [0.25, 0.3) is 54.6 Å². The van der Waals surface area contributed by atoms with E-state index < -0.39 is 0 Å². The normalized spacial score (nSPS) is 11.8. The smallest absolute Gasteiger partial charge is 0.340 e. The van der Waals surface area contributed by atoms with E-state index >= 15 is 0 Å². The van der Waals surface area contributed by atoms with Crippen LogP contribution in [0.5, 0.6) is 0 Å². The number of aromatic nitrogens is 6. The Morgan fingerprint density at radius 2 is 1.11 bits per heavy atom. The molecule has 8 rings (SSSR count). The van der Waals surface area contributed by atoms with Gasteiger partial charge in [-0.2, -0.15) is 0 Å². The third-order valence-electron chi connectivity index (χ3n) is 7.00. The van der Waals surface area contributed by atoms with E-state index in [0.717, 1.165) is 78.9 Å². The van der Waals surface area contributed by atoms with Gasteiger partial charge >= 0.3 is 21.1 Å². The van der Waals surface area contributed by atoms with Gasteiger partial charge in [0.2, 0.25) is 0 Å². The predicted octanol–water partition coefficient (Wildman–Crippen LogP) is 5.77. The van der Waals surface area contributed by atoms with E-state index in [1.807, 2.05) is 61.2 Å². The predicted molar refractivity (Wildman–Crippen MR) is 141 cm³/mol. The summed E-state index contributed by atoms with van der Waals surface area (Å²) in [6, 6.07) is 23.0. The molecule has 0 aliphatic heterocycles. The zero-order chi connectivity index (χ0) is 23.6. The van der Waals surface area contributed by atoms with Crippen LogP contribution in [0.15, 0.2) is 85.7 Å². The van der Waals surface area contributed by atoms with Crippen LogP contribution in [-0.4, -0.2) is 28.7 Å².